The number of rotatable bonds is 8. The number of fused-ring (bicyclic) bond motifs is 1. The maximum atomic E-state index is 13.6. The van der Waals surface area contributed by atoms with Crippen molar-refractivity contribution in [3.8, 4) is 0 Å². The Morgan fingerprint density at radius 2 is 1.49 bits per heavy atom. The quantitative estimate of drug-likeness (QED) is 0.268. The van der Waals surface area contributed by atoms with Crippen LogP contribution in [0.25, 0.3) is 11.3 Å². The second-order valence-corrected chi connectivity index (χ2v) is 9.78. The van der Waals surface area contributed by atoms with Crippen LogP contribution >= 0.6 is 0 Å². The van der Waals surface area contributed by atoms with Gasteiger partial charge in [-0.3, -0.25) is 9.59 Å². The second kappa shape index (κ2) is 11.4. The van der Waals surface area contributed by atoms with Crippen LogP contribution in [0.1, 0.15) is 34.0 Å². The first kappa shape index (κ1) is 25.9. The Labute approximate surface area is 229 Å². The minimum Gasteiger partial charge on any atom is -0.354 e. The molecule has 2 N–H and O–H groups in total. The van der Waals surface area contributed by atoms with Crippen molar-refractivity contribution in [1.82, 2.24) is 4.90 Å². The Morgan fingerprint density at radius 1 is 0.821 bits per heavy atom. The number of benzene rings is 4. The van der Waals surface area contributed by atoms with Gasteiger partial charge in [-0.1, -0.05) is 60.7 Å². The number of hydrogen-bond donors (Lipinski definition) is 2. The lowest BCUT2D eigenvalue weighted by molar-refractivity contribution is -0.110. The first-order chi connectivity index (χ1) is 18.9. The zero-order chi connectivity index (χ0) is 27.4. The number of nitrogens with zero attached hydrogens (tertiary/aromatic N) is 2. The van der Waals surface area contributed by atoms with Crippen LogP contribution in [0.5, 0.6) is 0 Å². The summed E-state index contributed by atoms with van der Waals surface area (Å²) in [5.74, 6) is -0.323. The van der Waals surface area contributed by atoms with Gasteiger partial charge in [0.05, 0.1) is 11.3 Å². The molecule has 0 bridgehead atoms. The van der Waals surface area contributed by atoms with E-state index in [1.807, 2.05) is 106 Å². The number of hydrogen-bond acceptors (Lipinski definition) is 4. The van der Waals surface area contributed by atoms with E-state index < -0.39 is 0 Å². The van der Waals surface area contributed by atoms with E-state index in [0.717, 1.165) is 23.5 Å². The maximum absolute atomic E-state index is 13.6. The van der Waals surface area contributed by atoms with Gasteiger partial charge in [0.1, 0.15) is 0 Å². The van der Waals surface area contributed by atoms with E-state index >= 15 is 0 Å². The topological polar surface area (TPSA) is 64.7 Å². The van der Waals surface area contributed by atoms with Crippen LogP contribution in [0, 0.1) is 0 Å². The molecular formula is C33H32N4O2. The van der Waals surface area contributed by atoms with Crippen molar-refractivity contribution in [1.29, 1.82) is 0 Å². The molecule has 0 saturated carbocycles. The van der Waals surface area contributed by atoms with E-state index in [0.29, 0.717) is 34.6 Å². The van der Waals surface area contributed by atoms with E-state index in [-0.39, 0.29) is 11.8 Å². The van der Waals surface area contributed by atoms with Crippen LogP contribution in [0.15, 0.2) is 103 Å². The molecule has 0 radical (unpaired) electrons. The third-order valence-electron chi connectivity index (χ3n) is 6.67. The Bertz CT molecular complexity index is 1510. The molecule has 2 amide bonds. The van der Waals surface area contributed by atoms with Gasteiger partial charge >= 0.3 is 0 Å². The largest absolute Gasteiger partial charge is 0.354 e. The lowest BCUT2D eigenvalue weighted by Crippen LogP contribution is -2.30. The molecule has 4 aromatic carbocycles. The summed E-state index contributed by atoms with van der Waals surface area (Å²) in [6.07, 6.45) is 0. The summed E-state index contributed by atoms with van der Waals surface area (Å²) in [6, 6.07) is 33.0. The van der Waals surface area contributed by atoms with Gasteiger partial charge in [-0.15, -0.1) is 0 Å². The van der Waals surface area contributed by atoms with Crippen molar-refractivity contribution in [3.05, 3.63) is 125 Å². The number of carbonyl (C=O) groups excluding carboxylic acids is 2. The number of nitrogens with one attached hydrogen (secondary N) is 2. The molecule has 6 heteroatoms. The van der Waals surface area contributed by atoms with E-state index in [1.54, 1.807) is 11.0 Å². The number of amides is 2. The van der Waals surface area contributed by atoms with Gasteiger partial charge in [-0.25, -0.2) is 0 Å². The zero-order valence-corrected chi connectivity index (χ0v) is 22.4. The molecule has 0 fully saturated rings. The number of anilines is 3. The molecule has 0 spiro atoms. The predicted octanol–water partition coefficient (Wildman–Crippen LogP) is 6.35. The van der Waals surface area contributed by atoms with Crippen LogP contribution in [0.4, 0.5) is 17.1 Å². The molecule has 4 aromatic rings. The first-order valence-corrected chi connectivity index (χ1v) is 13.1. The van der Waals surface area contributed by atoms with Crippen LogP contribution in [0.2, 0.25) is 0 Å². The SMILES string of the molecule is CCN(C(=O)c1ccc2c(c1)C(=C(Nc1ccc(CN(C)C)cc1)c1ccccc1)C(=O)N2)c1ccccc1. The molecular weight excluding hydrogens is 484 g/mol. The number of carbonyl (C=O) groups is 2. The number of para-hydroxylation sites is 1. The summed E-state index contributed by atoms with van der Waals surface area (Å²) in [4.78, 5) is 30.8. The molecule has 39 heavy (non-hydrogen) atoms. The second-order valence-electron chi connectivity index (χ2n) is 9.78. The lowest BCUT2D eigenvalue weighted by Gasteiger charge is -2.21. The zero-order valence-electron chi connectivity index (χ0n) is 22.4. The maximum Gasteiger partial charge on any atom is 0.258 e. The van der Waals surface area contributed by atoms with Crippen molar-refractivity contribution in [3.63, 3.8) is 0 Å². The molecule has 1 aliphatic rings. The smallest absolute Gasteiger partial charge is 0.258 e. The lowest BCUT2D eigenvalue weighted by atomic mass is 9.98. The van der Waals surface area contributed by atoms with Gasteiger partial charge in [-0.05, 0) is 74.6 Å². The van der Waals surface area contributed by atoms with Gasteiger partial charge in [0.15, 0.2) is 0 Å². The molecule has 1 aliphatic heterocycles. The average molecular weight is 517 g/mol. The third kappa shape index (κ3) is 5.61. The Kier molecular flexibility index (Phi) is 7.57. The van der Waals surface area contributed by atoms with E-state index in [4.69, 9.17) is 0 Å². The Hall–Kier alpha value is -4.68. The molecule has 0 atom stereocenters. The van der Waals surface area contributed by atoms with Crippen molar-refractivity contribution in [2.75, 3.05) is 36.2 Å². The summed E-state index contributed by atoms with van der Waals surface area (Å²) < 4.78 is 0. The molecule has 5 rings (SSSR count). The van der Waals surface area contributed by atoms with Crippen LogP contribution in [-0.2, 0) is 11.3 Å². The van der Waals surface area contributed by atoms with Gasteiger partial charge in [0.25, 0.3) is 11.8 Å². The molecule has 1 heterocycles. The fraction of sp³-hybridized carbons (Fsp3) is 0.152. The molecule has 0 unspecified atom stereocenters. The standard InChI is InChI=1S/C33H32N4O2/c1-4-37(27-13-9-6-10-14-27)33(39)25-17-20-29-28(21-25)30(32(38)35-29)31(24-11-7-5-8-12-24)34-26-18-15-23(16-19-26)22-36(2)3/h5-21,34H,4,22H2,1-3H3,(H,35,38). The molecule has 0 saturated heterocycles. The summed E-state index contributed by atoms with van der Waals surface area (Å²) in [7, 11) is 4.08. The van der Waals surface area contributed by atoms with Crippen molar-refractivity contribution >= 4 is 40.1 Å². The summed E-state index contributed by atoms with van der Waals surface area (Å²) in [6.45, 7) is 3.33. The molecule has 0 aliphatic carbocycles. The molecule has 6 nitrogen and oxygen atoms in total. The summed E-state index contributed by atoms with van der Waals surface area (Å²) in [5.41, 5.74) is 6.89. The minimum absolute atomic E-state index is 0.115. The highest BCUT2D eigenvalue weighted by Gasteiger charge is 2.30. The normalized spacial score (nSPS) is 13.6. The highest BCUT2D eigenvalue weighted by Crippen LogP contribution is 2.38. The van der Waals surface area contributed by atoms with Gasteiger partial charge < -0.3 is 20.4 Å². The minimum atomic E-state index is -0.208. The summed E-state index contributed by atoms with van der Waals surface area (Å²) >= 11 is 0. The fourth-order valence-corrected chi connectivity index (χ4v) is 4.84. The highest BCUT2D eigenvalue weighted by atomic mass is 16.2. The van der Waals surface area contributed by atoms with Gasteiger partial charge in [0.2, 0.25) is 0 Å². The van der Waals surface area contributed by atoms with E-state index in [9.17, 15) is 9.59 Å². The monoisotopic (exact) mass is 516 g/mol. The third-order valence-corrected chi connectivity index (χ3v) is 6.67. The molecule has 0 aromatic heterocycles. The van der Waals surface area contributed by atoms with Crippen molar-refractivity contribution < 1.29 is 9.59 Å². The van der Waals surface area contributed by atoms with Gasteiger partial charge in [0, 0.05) is 41.3 Å². The van der Waals surface area contributed by atoms with E-state index in [1.165, 1.54) is 5.56 Å². The summed E-state index contributed by atoms with van der Waals surface area (Å²) in [5, 5.41) is 6.50. The average Bonchev–Trinajstić information content (AvgIpc) is 3.28. The van der Waals surface area contributed by atoms with E-state index in [2.05, 4.69) is 27.7 Å². The molecule has 196 valence electrons. The van der Waals surface area contributed by atoms with Crippen LogP contribution in [-0.4, -0.2) is 37.4 Å². The predicted molar refractivity (Wildman–Crippen MR) is 160 cm³/mol. The fourth-order valence-electron chi connectivity index (χ4n) is 4.84. The Balaban J connectivity index is 1.57. The highest BCUT2D eigenvalue weighted by molar-refractivity contribution is 6.37. The van der Waals surface area contributed by atoms with Crippen LogP contribution in [0.3, 0.4) is 0 Å². The van der Waals surface area contributed by atoms with Gasteiger partial charge in [-0.2, -0.15) is 0 Å². The Morgan fingerprint density at radius 3 is 2.13 bits per heavy atom. The van der Waals surface area contributed by atoms with Crippen molar-refractivity contribution in [2.45, 2.75) is 13.5 Å². The van der Waals surface area contributed by atoms with Crippen molar-refractivity contribution in [2.24, 2.45) is 0 Å². The first-order valence-electron chi connectivity index (χ1n) is 13.1. The van der Waals surface area contributed by atoms with Crippen LogP contribution < -0.4 is 15.5 Å².